The van der Waals surface area contributed by atoms with Crippen LogP contribution in [0.1, 0.15) is 38.5 Å². The number of carboxylic acids is 1. The summed E-state index contributed by atoms with van der Waals surface area (Å²) in [6.45, 7) is 9.71. The summed E-state index contributed by atoms with van der Waals surface area (Å²) in [6, 6.07) is 14.7. The zero-order valence-electron chi connectivity index (χ0n) is 42.3. The first kappa shape index (κ1) is 55.4. The lowest BCUT2D eigenvalue weighted by Crippen LogP contribution is -2.41. The average molecular weight is 1110 g/mol. The lowest BCUT2D eigenvalue weighted by Gasteiger charge is -2.28. The largest absolute Gasteiger partial charge is 0.481 e. The predicted molar refractivity (Wildman–Crippen MR) is 274 cm³/mol. The number of nitrogens with zero attached hydrogens (tertiary/aromatic N) is 8. The molecule has 0 aliphatic carbocycles. The van der Waals surface area contributed by atoms with Crippen molar-refractivity contribution in [2.24, 2.45) is 17.8 Å². The van der Waals surface area contributed by atoms with E-state index in [2.05, 4.69) is 20.3 Å². The molecule has 9 aliphatic heterocycles. The van der Waals surface area contributed by atoms with Gasteiger partial charge in [-0.1, -0.05) is 18.2 Å². The van der Waals surface area contributed by atoms with Gasteiger partial charge in [0.05, 0.1) is 37.6 Å². The standard InChI is InChI=1S/2C17H21N3O4S.C11H13N3O2S.C6H10O3/c2*21-17(13-4-3-7-24-12-13)19-8-14-10-20(11-15(14)9-19)25(22,23)16-5-1-2-6-18-16;15-17(16,11-3-1-2-4-13-11)14-7-9-5-12-6-10(9)8-14;7-6(8)5-2-1-3-9-4-5/h2*1-2,5-6,13H,3-4,7-12H2;1-4,12H,5-8H2;5H,1-4H2,(H,7,8)/t2*13-;;/m10../s1. The maximum atomic E-state index is 12.7. The average Bonchev–Trinajstić information content (AvgIpc) is 4.34. The zero-order valence-corrected chi connectivity index (χ0v) is 44.7. The first-order valence-corrected chi connectivity index (χ1v) is 30.0. The number of aliphatic carboxylic acids is 1. The smallest absolute Gasteiger partial charge is 0.308 e. The Kier molecular flexibility index (Phi) is 17.9. The Morgan fingerprint density at radius 3 is 1.04 bits per heavy atom. The van der Waals surface area contributed by atoms with Gasteiger partial charge in [0, 0.05) is 117 Å². The molecule has 22 nitrogen and oxygen atoms in total. The lowest BCUT2D eigenvalue weighted by atomic mass is 10.0. The van der Waals surface area contributed by atoms with Crippen LogP contribution in [0.25, 0.3) is 0 Å². The highest BCUT2D eigenvalue weighted by Crippen LogP contribution is 2.33. The van der Waals surface area contributed by atoms with Crippen molar-refractivity contribution < 1.29 is 59.0 Å². The summed E-state index contributed by atoms with van der Waals surface area (Å²) in [4.78, 5) is 51.0. The van der Waals surface area contributed by atoms with E-state index in [-0.39, 0.29) is 44.6 Å². The second-order valence-corrected chi connectivity index (χ2v) is 25.7. The summed E-state index contributed by atoms with van der Waals surface area (Å²) in [5, 5.41) is 12.0. The second-order valence-electron chi connectivity index (χ2n) is 20.0. The number of carbonyl (C=O) groups is 3. The van der Waals surface area contributed by atoms with E-state index in [0.29, 0.717) is 85.3 Å². The molecule has 0 bridgehead atoms. The van der Waals surface area contributed by atoms with Crippen LogP contribution in [-0.2, 0) is 58.7 Å². The highest BCUT2D eigenvalue weighted by molar-refractivity contribution is 7.89. The molecule has 2 amide bonds. The molecule has 3 atom stereocenters. The van der Waals surface area contributed by atoms with Gasteiger partial charge in [-0.2, -0.15) is 12.9 Å². The molecule has 3 fully saturated rings. The lowest BCUT2D eigenvalue weighted by molar-refractivity contribution is -0.146. The van der Waals surface area contributed by atoms with E-state index in [4.69, 9.17) is 19.3 Å². The van der Waals surface area contributed by atoms with Gasteiger partial charge >= 0.3 is 5.97 Å². The molecule has 3 aromatic heterocycles. The molecule has 9 aliphatic rings. The van der Waals surface area contributed by atoms with Crippen molar-refractivity contribution in [1.29, 1.82) is 0 Å². The van der Waals surface area contributed by atoms with Gasteiger partial charge in [0.1, 0.15) is 0 Å². The first-order valence-electron chi connectivity index (χ1n) is 25.7. The molecular weight excluding hydrogens is 1040 g/mol. The molecular formula is C51H65N9O13S3. The molecule has 1 unspecified atom stereocenters. The maximum Gasteiger partial charge on any atom is 0.308 e. The summed E-state index contributed by atoms with van der Waals surface area (Å²) in [5.41, 5.74) is 6.61. The number of aromatic nitrogens is 3. The number of rotatable bonds is 9. The molecule has 0 radical (unpaired) electrons. The third kappa shape index (κ3) is 12.8. The van der Waals surface area contributed by atoms with Gasteiger partial charge in [-0.15, -0.1) is 0 Å². The van der Waals surface area contributed by atoms with Gasteiger partial charge in [-0.05, 0) is 108 Å². The van der Waals surface area contributed by atoms with Crippen LogP contribution < -0.4 is 5.32 Å². The van der Waals surface area contributed by atoms with Crippen LogP contribution in [0.15, 0.2) is 122 Å². The number of pyridine rings is 3. The Morgan fingerprint density at radius 2 is 0.776 bits per heavy atom. The minimum Gasteiger partial charge on any atom is -0.481 e. The Bertz CT molecular complexity index is 2830. The fraction of sp³-hybridized carbons (Fsp3) is 0.529. The summed E-state index contributed by atoms with van der Waals surface area (Å²) >= 11 is 0. The van der Waals surface area contributed by atoms with E-state index in [1.807, 2.05) is 9.80 Å². The fourth-order valence-corrected chi connectivity index (χ4v) is 14.6. The molecule has 3 aromatic rings. The topological polar surface area (TPSA) is 268 Å². The van der Waals surface area contributed by atoms with Gasteiger partial charge in [0.15, 0.2) is 15.1 Å². The normalized spacial score (nSPS) is 24.2. The van der Waals surface area contributed by atoms with E-state index < -0.39 is 36.0 Å². The quantitative estimate of drug-likeness (QED) is 0.289. The van der Waals surface area contributed by atoms with E-state index in [1.54, 1.807) is 36.4 Å². The molecule has 2 N–H and O–H groups in total. The molecule has 0 saturated carbocycles. The van der Waals surface area contributed by atoms with Gasteiger partial charge in [0.2, 0.25) is 11.8 Å². The molecule has 12 rings (SSSR count). The minimum absolute atomic E-state index is 0.0536. The van der Waals surface area contributed by atoms with Gasteiger partial charge in [-0.3, -0.25) is 14.4 Å². The van der Waals surface area contributed by atoms with Crippen molar-refractivity contribution in [2.75, 3.05) is 118 Å². The van der Waals surface area contributed by atoms with Crippen molar-refractivity contribution >= 4 is 47.9 Å². The Morgan fingerprint density at radius 1 is 0.461 bits per heavy atom. The molecule has 3 saturated heterocycles. The number of carbonyl (C=O) groups excluding carboxylic acids is 2. The van der Waals surface area contributed by atoms with Crippen molar-refractivity contribution in [3.05, 3.63) is 107 Å². The molecule has 12 heterocycles. The predicted octanol–water partition coefficient (Wildman–Crippen LogP) is 1.79. The number of hydrogen-bond acceptors (Lipinski definition) is 16. The molecule has 25 heteroatoms. The second kappa shape index (κ2) is 24.5. The summed E-state index contributed by atoms with van der Waals surface area (Å²) < 4.78 is 95.4. The summed E-state index contributed by atoms with van der Waals surface area (Å²) in [7, 11) is -10.6. The van der Waals surface area contributed by atoms with Crippen LogP contribution in [0.3, 0.4) is 0 Å². The van der Waals surface area contributed by atoms with Crippen LogP contribution >= 0.6 is 0 Å². The Labute approximate surface area is 443 Å². The first-order chi connectivity index (χ1) is 36.6. The number of sulfonamides is 3. The number of carboxylic acid groups (broad SMARTS) is 1. The van der Waals surface area contributed by atoms with Gasteiger partial charge in [-0.25, -0.2) is 40.2 Å². The molecule has 0 aromatic carbocycles. The summed E-state index contributed by atoms with van der Waals surface area (Å²) in [6.07, 6.45) is 9.73. The monoisotopic (exact) mass is 1110 g/mol. The third-order valence-corrected chi connectivity index (χ3v) is 19.9. The van der Waals surface area contributed by atoms with Crippen molar-refractivity contribution in [1.82, 2.24) is 43.0 Å². The van der Waals surface area contributed by atoms with Crippen LogP contribution in [0.2, 0.25) is 0 Å². The minimum atomic E-state index is -3.58. The van der Waals surface area contributed by atoms with Gasteiger partial charge in [0.25, 0.3) is 30.1 Å². The molecule has 410 valence electrons. The SMILES string of the molecule is O=C(O)C1CCCOC1.O=C([C@@H]1CCCOC1)N1CC2=C(C1)CN(S(=O)(=O)c1ccccn1)C2.O=C([C@H]1CCCOC1)N1CC2=C(C1)CN(S(=O)(=O)c1ccccn1)C2.O=S(=O)(c1ccccn1)N1CC2=C(CNC2)C1. The number of nitrogens with one attached hydrogen (secondary N) is 1. The number of hydrogen-bond donors (Lipinski definition) is 2. The fourth-order valence-electron chi connectivity index (χ4n) is 10.6. The third-order valence-electron chi connectivity index (χ3n) is 14.8. The molecule has 0 spiro atoms. The van der Waals surface area contributed by atoms with E-state index >= 15 is 0 Å². The number of amides is 2. The maximum absolute atomic E-state index is 12.7. The Hall–Kier alpha value is -5.35. The van der Waals surface area contributed by atoms with Crippen molar-refractivity contribution in [2.45, 2.75) is 53.6 Å². The zero-order chi connectivity index (χ0) is 53.5. The van der Waals surface area contributed by atoms with Crippen molar-refractivity contribution in [3.8, 4) is 0 Å². The van der Waals surface area contributed by atoms with Crippen LogP contribution in [0.4, 0.5) is 0 Å². The molecule has 76 heavy (non-hydrogen) atoms. The van der Waals surface area contributed by atoms with E-state index in [1.165, 1.54) is 60.9 Å². The van der Waals surface area contributed by atoms with Crippen LogP contribution in [0, 0.1) is 17.8 Å². The highest BCUT2D eigenvalue weighted by Gasteiger charge is 2.42. The van der Waals surface area contributed by atoms with Crippen LogP contribution in [-0.4, -0.2) is 204 Å². The summed E-state index contributed by atoms with van der Waals surface area (Å²) in [5.74, 6) is -0.820. The van der Waals surface area contributed by atoms with Crippen molar-refractivity contribution in [3.63, 3.8) is 0 Å². The Balaban J connectivity index is 0.000000131. The van der Waals surface area contributed by atoms with Gasteiger partial charge < -0.3 is 34.4 Å². The van der Waals surface area contributed by atoms with E-state index in [9.17, 15) is 39.6 Å². The van der Waals surface area contributed by atoms with E-state index in [0.717, 1.165) is 93.7 Å². The highest BCUT2D eigenvalue weighted by atomic mass is 32.2. The number of ether oxygens (including phenoxy) is 3. The van der Waals surface area contributed by atoms with Crippen LogP contribution in [0.5, 0.6) is 0 Å².